The summed E-state index contributed by atoms with van der Waals surface area (Å²) in [5.74, 6) is 3.68. The molecular formula is C84H57N3O3. The molecule has 90 heavy (non-hydrogen) atoms. The predicted octanol–water partition coefficient (Wildman–Crippen LogP) is 19.2. The largest absolute Gasteiger partial charge is 0.473 e. The Balaban J connectivity index is 0.900. The number of hydrogen-bond acceptors (Lipinski definition) is 6. The van der Waals surface area contributed by atoms with Gasteiger partial charge in [0.25, 0.3) is 0 Å². The zero-order valence-corrected chi connectivity index (χ0v) is 49.0. The molecule has 0 unspecified atom stereocenters. The molecule has 6 heteroatoms. The first-order chi connectivity index (χ1) is 44.5. The lowest BCUT2D eigenvalue weighted by Crippen LogP contribution is -2.35. The number of nitrogens with zero attached hydrogens (tertiary/aromatic N) is 3. The van der Waals surface area contributed by atoms with Crippen LogP contribution in [0.2, 0.25) is 0 Å². The summed E-state index contributed by atoms with van der Waals surface area (Å²) in [4.78, 5) is 16.5. The minimum atomic E-state index is -0.939. The molecule has 0 saturated carbocycles. The lowest BCUT2D eigenvalue weighted by molar-refractivity contribution is 0.160. The van der Waals surface area contributed by atoms with Crippen LogP contribution in [0.15, 0.2) is 346 Å². The van der Waals surface area contributed by atoms with E-state index in [1.54, 1.807) is 0 Å². The van der Waals surface area contributed by atoms with Crippen molar-refractivity contribution in [1.82, 2.24) is 15.0 Å². The van der Waals surface area contributed by atoms with E-state index >= 15 is 0 Å². The van der Waals surface area contributed by atoms with Crippen LogP contribution in [0.1, 0.15) is 66.8 Å². The normalized spacial score (nSPS) is 14.7. The third kappa shape index (κ3) is 9.50. The van der Waals surface area contributed by atoms with Gasteiger partial charge in [-0.05, 0) is 106 Å². The lowest BCUT2D eigenvalue weighted by Gasteiger charge is -2.38. The second-order valence-electron chi connectivity index (χ2n) is 22.9. The molecule has 0 amide bonds. The second kappa shape index (κ2) is 22.5. The van der Waals surface area contributed by atoms with Gasteiger partial charge in [0.2, 0.25) is 0 Å². The minimum absolute atomic E-state index is 0.494. The summed E-state index contributed by atoms with van der Waals surface area (Å²) < 4.78 is 22.2. The van der Waals surface area contributed by atoms with E-state index in [9.17, 15) is 0 Å². The SMILES string of the molecule is C1=C(c2ccccc2)c2cc(-c3nc(-c4ccc5c(c4)C(c4ccccc4)=CC(c4ccccc4)(c4ccccc4)O5)nc(-c4ccc5c(c4)C(c4ccccc4)=CC(c4ccccc4)(c4ccccc4)O5)n3)ccc2OC1(c1ccccc1)c1ccccc1. The molecule has 0 saturated heterocycles. The van der Waals surface area contributed by atoms with Gasteiger partial charge in [0.1, 0.15) is 17.2 Å². The summed E-state index contributed by atoms with van der Waals surface area (Å²) in [6.07, 6.45) is 6.83. The molecule has 13 aromatic rings. The van der Waals surface area contributed by atoms with Crippen molar-refractivity contribution in [2.45, 2.75) is 16.8 Å². The van der Waals surface area contributed by atoms with Gasteiger partial charge in [0, 0.05) is 66.8 Å². The van der Waals surface area contributed by atoms with Crippen LogP contribution in [-0.2, 0) is 16.8 Å². The van der Waals surface area contributed by atoms with E-state index in [-0.39, 0.29) is 0 Å². The Labute approximate surface area is 523 Å². The molecule has 0 spiro atoms. The third-order valence-electron chi connectivity index (χ3n) is 17.5. The molecule has 12 aromatic carbocycles. The molecule has 3 aliphatic rings. The number of rotatable bonds is 12. The van der Waals surface area contributed by atoms with Crippen molar-refractivity contribution in [2.75, 3.05) is 0 Å². The highest BCUT2D eigenvalue weighted by Crippen LogP contribution is 2.52. The molecule has 0 N–H and O–H groups in total. The Kier molecular flexibility index (Phi) is 13.4. The molecule has 1 aromatic heterocycles. The van der Waals surface area contributed by atoms with Crippen molar-refractivity contribution in [1.29, 1.82) is 0 Å². The molecule has 426 valence electrons. The molecule has 16 rings (SSSR count). The number of hydrogen-bond donors (Lipinski definition) is 0. The maximum Gasteiger partial charge on any atom is 0.178 e. The molecule has 0 aliphatic carbocycles. The van der Waals surface area contributed by atoms with Crippen LogP contribution >= 0.6 is 0 Å². The van der Waals surface area contributed by atoms with Crippen LogP contribution in [0.25, 0.3) is 50.9 Å². The maximum atomic E-state index is 7.40. The van der Waals surface area contributed by atoms with E-state index in [0.29, 0.717) is 17.5 Å². The van der Waals surface area contributed by atoms with Gasteiger partial charge in [0.15, 0.2) is 34.3 Å². The Hall–Kier alpha value is -11.7. The van der Waals surface area contributed by atoms with Crippen molar-refractivity contribution in [3.8, 4) is 51.4 Å². The number of aromatic nitrogens is 3. The molecule has 0 bridgehead atoms. The summed E-state index contributed by atoms with van der Waals surface area (Å²) in [5.41, 5.74) is 14.6. The van der Waals surface area contributed by atoms with Gasteiger partial charge < -0.3 is 14.2 Å². The molecule has 0 fully saturated rings. The van der Waals surface area contributed by atoms with Crippen LogP contribution in [0, 0.1) is 0 Å². The van der Waals surface area contributed by atoms with E-state index in [1.165, 1.54) is 0 Å². The van der Waals surface area contributed by atoms with Crippen molar-refractivity contribution in [3.05, 3.63) is 413 Å². The van der Waals surface area contributed by atoms with Crippen molar-refractivity contribution in [3.63, 3.8) is 0 Å². The highest BCUT2D eigenvalue weighted by atomic mass is 16.5. The zero-order chi connectivity index (χ0) is 59.9. The first-order valence-electron chi connectivity index (χ1n) is 30.5. The fourth-order valence-corrected chi connectivity index (χ4v) is 13.2. The molecule has 0 atom stereocenters. The van der Waals surface area contributed by atoms with Gasteiger partial charge >= 0.3 is 0 Å². The average Bonchev–Trinajstić information content (AvgIpc) is 0.777. The number of fused-ring (bicyclic) bond motifs is 3. The van der Waals surface area contributed by atoms with Crippen molar-refractivity contribution >= 4 is 16.7 Å². The number of benzene rings is 12. The maximum absolute atomic E-state index is 7.40. The zero-order valence-electron chi connectivity index (χ0n) is 49.0. The summed E-state index contributed by atoms with van der Waals surface area (Å²) >= 11 is 0. The predicted molar refractivity (Wildman–Crippen MR) is 360 cm³/mol. The third-order valence-corrected chi connectivity index (χ3v) is 17.5. The van der Waals surface area contributed by atoms with Crippen LogP contribution < -0.4 is 14.2 Å². The Morgan fingerprint density at radius 3 is 0.611 bits per heavy atom. The Morgan fingerprint density at radius 1 is 0.200 bits per heavy atom. The van der Waals surface area contributed by atoms with Crippen LogP contribution in [0.5, 0.6) is 17.2 Å². The first kappa shape index (κ1) is 53.7. The van der Waals surface area contributed by atoms with E-state index in [1.807, 2.05) is 36.4 Å². The summed E-state index contributed by atoms with van der Waals surface area (Å²) in [7, 11) is 0. The van der Waals surface area contributed by atoms with Gasteiger partial charge in [-0.3, -0.25) is 0 Å². The van der Waals surface area contributed by atoms with Gasteiger partial charge in [-0.2, -0.15) is 0 Å². The number of ether oxygens (including phenoxy) is 3. The van der Waals surface area contributed by atoms with Gasteiger partial charge in [-0.1, -0.05) is 273 Å². The van der Waals surface area contributed by atoms with Crippen LogP contribution in [0.4, 0.5) is 0 Å². The molecule has 3 aliphatic heterocycles. The summed E-state index contributed by atoms with van der Waals surface area (Å²) in [6.45, 7) is 0. The highest BCUT2D eigenvalue weighted by molar-refractivity contribution is 5.91. The second-order valence-corrected chi connectivity index (χ2v) is 22.9. The van der Waals surface area contributed by atoms with Gasteiger partial charge in [-0.25, -0.2) is 15.0 Å². The van der Waals surface area contributed by atoms with Gasteiger partial charge in [0.05, 0.1) is 0 Å². The fraction of sp³-hybridized carbons (Fsp3) is 0.0357. The van der Waals surface area contributed by atoms with Gasteiger partial charge in [-0.15, -0.1) is 0 Å². The Morgan fingerprint density at radius 2 is 0.400 bits per heavy atom. The Bertz CT molecular complexity index is 4240. The quantitative estimate of drug-likeness (QED) is 0.121. The van der Waals surface area contributed by atoms with Crippen LogP contribution in [0.3, 0.4) is 0 Å². The smallest absolute Gasteiger partial charge is 0.178 e. The van der Waals surface area contributed by atoms with Crippen LogP contribution in [-0.4, -0.2) is 15.0 Å². The summed E-state index contributed by atoms with van der Waals surface area (Å²) in [5, 5.41) is 0. The fourth-order valence-electron chi connectivity index (χ4n) is 13.2. The summed E-state index contributed by atoms with van der Waals surface area (Å²) in [6, 6.07) is 113. The van der Waals surface area contributed by atoms with Crippen molar-refractivity contribution in [2.24, 2.45) is 0 Å². The highest BCUT2D eigenvalue weighted by Gasteiger charge is 2.43. The standard InChI is InChI=1S/C84H57N3O3/c1-10-28-58(29-11-1)73-55-82(64-34-16-4-17-35-64,65-36-18-5-19-37-65)88-76-49-46-61(52-70(73)76)79-85-80(62-47-50-77-71(53-62)74(59-30-12-2-13-31-59)56-83(89-77,66-38-20-6-21-39-66)67-40-22-7-23-41-67)87-81(86-79)63-48-51-78-72(54-63)75(60-32-14-3-15-33-60)57-84(90-78,68-42-24-8-25-43-68)69-44-26-9-27-45-69/h1-57H. The lowest BCUT2D eigenvalue weighted by atomic mass is 9.79. The average molecular weight is 1160 g/mol. The van der Waals surface area contributed by atoms with E-state index in [0.717, 1.165) is 117 Å². The topological polar surface area (TPSA) is 66.4 Å². The van der Waals surface area contributed by atoms with E-state index < -0.39 is 16.8 Å². The molecule has 4 heterocycles. The molecule has 0 radical (unpaired) electrons. The first-order valence-corrected chi connectivity index (χ1v) is 30.5. The van der Waals surface area contributed by atoms with E-state index in [2.05, 4.69) is 309 Å². The monoisotopic (exact) mass is 1160 g/mol. The van der Waals surface area contributed by atoms with Crippen molar-refractivity contribution < 1.29 is 14.2 Å². The minimum Gasteiger partial charge on any atom is -0.473 e. The van der Waals surface area contributed by atoms with E-state index in [4.69, 9.17) is 29.2 Å². The molecular weight excluding hydrogens is 1100 g/mol. The molecule has 6 nitrogen and oxygen atoms in total.